The van der Waals surface area contributed by atoms with Crippen LogP contribution in [-0.2, 0) is 4.74 Å². The number of carbonyl (C=O) groups excluding carboxylic acids is 1. The molecule has 4 nitrogen and oxygen atoms in total. The molecule has 104 valence electrons. The van der Waals surface area contributed by atoms with Crippen molar-refractivity contribution in [3.63, 3.8) is 0 Å². The fourth-order valence-electron chi connectivity index (χ4n) is 2.34. The lowest BCUT2D eigenvalue weighted by molar-refractivity contribution is 0.0565. The van der Waals surface area contributed by atoms with Crippen molar-refractivity contribution in [3.8, 4) is 0 Å². The number of hydrogen-bond acceptors (Lipinski definition) is 3. The zero-order valence-corrected chi connectivity index (χ0v) is 11.5. The predicted octanol–water partition coefficient (Wildman–Crippen LogP) is 2.47. The molecule has 0 aromatic carbocycles. The Morgan fingerprint density at radius 2 is 2.21 bits per heavy atom. The molecule has 0 radical (unpaired) electrons. The molecule has 2 rings (SSSR count). The maximum Gasteiger partial charge on any atom is 0.269 e. The monoisotopic (exact) mass is 262 g/mol. The van der Waals surface area contributed by atoms with E-state index >= 15 is 0 Å². The maximum absolute atomic E-state index is 11.8. The third kappa shape index (κ3) is 4.63. The van der Waals surface area contributed by atoms with Crippen LogP contribution in [-0.4, -0.2) is 30.1 Å². The molecule has 0 atom stereocenters. The summed E-state index contributed by atoms with van der Waals surface area (Å²) in [6, 6.07) is 5.46. The number of nitrogens with one attached hydrogen (secondary N) is 1. The van der Waals surface area contributed by atoms with Crippen LogP contribution in [0, 0.1) is 6.92 Å². The SMILES string of the molecule is Cc1cccc(C(=O)NCCCOC2CCCC2)n1. The first kappa shape index (κ1) is 14.0. The summed E-state index contributed by atoms with van der Waals surface area (Å²) in [4.78, 5) is 16.0. The van der Waals surface area contributed by atoms with E-state index in [-0.39, 0.29) is 5.91 Å². The van der Waals surface area contributed by atoms with Crippen LogP contribution < -0.4 is 5.32 Å². The minimum absolute atomic E-state index is 0.107. The molecular formula is C15H22N2O2. The summed E-state index contributed by atoms with van der Waals surface area (Å²) in [6.45, 7) is 3.25. The van der Waals surface area contributed by atoms with Gasteiger partial charge in [0.1, 0.15) is 5.69 Å². The number of rotatable bonds is 6. The highest BCUT2D eigenvalue weighted by atomic mass is 16.5. The van der Waals surface area contributed by atoms with Crippen molar-refractivity contribution in [3.05, 3.63) is 29.6 Å². The first-order chi connectivity index (χ1) is 9.25. The number of aryl methyl sites for hydroxylation is 1. The lowest BCUT2D eigenvalue weighted by atomic mass is 10.3. The lowest BCUT2D eigenvalue weighted by Gasteiger charge is -2.11. The van der Waals surface area contributed by atoms with Crippen LogP contribution in [0.3, 0.4) is 0 Å². The number of carbonyl (C=O) groups is 1. The Morgan fingerprint density at radius 1 is 1.42 bits per heavy atom. The van der Waals surface area contributed by atoms with E-state index in [1.807, 2.05) is 19.1 Å². The zero-order chi connectivity index (χ0) is 13.5. The molecule has 1 aliphatic carbocycles. The minimum Gasteiger partial charge on any atom is -0.378 e. The molecule has 4 heteroatoms. The fourth-order valence-corrected chi connectivity index (χ4v) is 2.34. The van der Waals surface area contributed by atoms with E-state index in [9.17, 15) is 4.79 Å². The van der Waals surface area contributed by atoms with Crippen molar-refractivity contribution >= 4 is 5.91 Å². The molecule has 1 N–H and O–H groups in total. The number of pyridine rings is 1. The van der Waals surface area contributed by atoms with Gasteiger partial charge in [0.05, 0.1) is 6.10 Å². The molecule has 0 saturated heterocycles. The molecule has 1 fully saturated rings. The minimum atomic E-state index is -0.107. The first-order valence-electron chi connectivity index (χ1n) is 7.09. The Balaban J connectivity index is 1.61. The second kappa shape index (κ2) is 7.24. The van der Waals surface area contributed by atoms with Gasteiger partial charge in [-0.25, -0.2) is 4.98 Å². The van der Waals surface area contributed by atoms with Gasteiger partial charge in [-0.05, 0) is 38.3 Å². The van der Waals surface area contributed by atoms with Gasteiger partial charge in [-0.3, -0.25) is 4.79 Å². The first-order valence-corrected chi connectivity index (χ1v) is 7.09. The highest BCUT2D eigenvalue weighted by Gasteiger charge is 2.14. The predicted molar refractivity (Wildman–Crippen MR) is 74.1 cm³/mol. The molecule has 0 spiro atoms. The largest absolute Gasteiger partial charge is 0.378 e. The summed E-state index contributed by atoms with van der Waals surface area (Å²) < 4.78 is 5.74. The smallest absolute Gasteiger partial charge is 0.269 e. The van der Waals surface area contributed by atoms with Crippen molar-refractivity contribution < 1.29 is 9.53 Å². The van der Waals surface area contributed by atoms with Gasteiger partial charge in [-0.2, -0.15) is 0 Å². The van der Waals surface area contributed by atoms with Gasteiger partial charge in [-0.1, -0.05) is 18.9 Å². The van der Waals surface area contributed by atoms with Crippen molar-refractivity contribution in [2.24, 2.45) is 0 Å². The standard InChI is InChI=1S/C15H22N2O2/c1-12-6-4-9-14(17-12)15(18)16-10-5-11-19-13-7-2-3-8-13/h4,6,9,13H,2-3,5,7-8,10-11H2,1H3,(H,16,18). The van der Waals surface area contributed by atoms with Gasteiger partial charge < -0.3 is 10.1 Å². The normalized spacial score (nSPS) is 15.6. The van der Waals surface area contributed by atoms with Crippen molar-refractivity contribution in [1.82, 2.24) is 10.3 Å². The molecule has 1 aliphatic rings. The van der Waals surface area contributed by atoms with Crippen LogP contribution in [0.15, 0.2) is 18.2 Å². The number of amides is 1. The third-order valence-electron chi connectivity index (χ3n) is 3.38. The summed E-state index contributed by atoms with van der Waals surface area (Å²) in [7, 11) is 0. The van der Waals surface area contributed by atoms with Crippen molar-refractivity contribution in [2.45, 2.75) is 45.1 Å². The van der Waals surface area contributed by atoms with Gasteiger partial charge in [0.25, 0.3) is 5.91 Å². The van der Waals surface area contributed by atoms with Crippen LogP contribution >= 0.6 is 0 Å². The van der Waals surface area contributed by atoms with Crippen LogP contribution in [0.5, 0.6) is 0 Å². The molecule has 0 aliphatic heterocycles. The maximum atomic E-state index is 11.8. The molecule has 1 aromatic heterocycles. The van der Waals surface area contributed by atoms with Crippen LogP contribution in [0.4, 0.5) is 0 Å². The summed E-state index contributed by atoms with van der Waals surface area (Å²) >= 11 is 0. The van der Waals surface area contributed by atoms with E-state index in [0.29, 0.717) is 18.3 Å². The summed E-state index contributed by atoms with van der Waals surface area (Å²) in [5.74, 6) is -0.107. The quantitative estimate of drug-likeness (QED) is 0.801. The summed E-state index contributed by atoms with van der Waals surface area (Å²) in [6.07, 6.45) is 6.28. The van der Waals surface area contributed by atoms with Crippen molar-refractivity contribution in [1.29, 1.82) is 0 Å². The summed E-state index contributed by atoms with van der Waals surface area (Å²) in [5, 5.41) is 2.87. The zero-order valence-electron chi connectivity index (χ0n) is 11.5. The Labute approximate surface area is 114 Å². The van der Waals surface area contributed by atoms with E-state index in [0.717, 1.165) is 18.7 Å². The van der Waals surface area contributed by atoms with Crippen LogP contribution in [0.2, 0.25) is 0 Å². The fraction of sp³-hybridized carbons (Fsp3) is 0.600. The van der Waals surface area contributed by atoms with Crippen molar-refractivity contribution in [2.75, 3.05) is 13.2 Å². The van der Waals surface area contributed by atoms with E-state index in [1.54, 1.807) is 6.07 Å². The second-order valence-electron chi connectivity index (χ2n) is 5.05. The van der Waals surface area contributed by atoms with Gasteiger partial charge in [0.15, 0.2) is 0 Å². The van der Waals surface area contributed by atoms with E-state index < -0.39 is 0 Å². The van der Waals surface area contributed by atoms with Gasteiger partial charge >= 0.3 is 0 Å². The van der Waals surface area contributed by atoms with Crippen LogP contribution in [0.1, 0.15) is 48.3 Å². The molecule has 1 saturated carbocycles. The van der Waals surface area contributed by atoms with Gasteiger partial charge in [0, 0.05) is 18.8 Å². The number of aromatic nitrogens is 1. The second-order valence-corrected chi connectivity index (χ2v) is 5.05. The Hall–Kier alpha value is -1.42. The average Bonchev–Trinajstić information content (AvgIpc) is 2.91. The van der Waals surface area contributed by atoms with E-state index in [1.165, 1.54) is 25.7 Å². The number of nitrogens with zero attached hydrogens (tertiary/aromatic N) is 1. The highest BCUT2D eigenvalue weighted by Crippen LogP contribution is 2.20. The number of ether oxygens (including phenoxy) is 1. The topological polar surface area (TPSA) is 51.2 Å². The molecule has 1 aromatic rings. The molecule has 1 heterocycles. The van der Waals surface area contributed by atoms with Gasteiger partial charge in [-0.15, -0.1) is 0 Å². The molecule has 19 heavy (non-hydrogen) atoms. The molecular weight excluding hydrogens is 240 g/mol. The van der Waals surface area contributed by atoms with Crippen LogP contribution in [0.25, 0.3) is 0 Å². The molecule has 0 bridgehead atoms. The number of hydrogen-bond donors (Lipinski definition) is 1. The lowest BCUT2D eigenvalue weighted by Crippen LogP contribution is -2.26. The average molecular weight is 262 g/mol. The molecule has 0 unspecified atom stereocenters. The third-order valence-corrected chi connectivity index (χ3v) is 3.38. The highest BCUT2D eigenvalue weighted by molar-refractivity contribution is 5.92. The summed E-state index contributed by atoms with van der Waals surface area (Å²) in [5.41, 5.74) is 1.34. The Kier molecular flexibility index (Phi) is 5.33. The Morgan fingerprint density at radius 3 is 2.95 bits per heavy atom. The molecule has 1 amide bonds. The Bertz CT molecular complexity index is 414. The van der Waals surface area contributed by atoms with E-state index in [2.05, 4.69) is 10.3 Å². The van der Waals surface area contributed by atoms with Gasteiger partial charge in [0.2, 0.25) is 0 Å². The van der Waals surface area contributed by atoms with E-state index in [4.69, 9.17) is 4.74 Å².